The minimum Gasteiger partial charge on any atom is -0.461 e. The molecule has 30 heavy (non-hydrogen) atoms. The Balaban J connectivity index is 1.93. The lowest BCUT2D eigenvalue weighted by Crippen LogP contribution is -2.41. The van der Waals surface area contributed by atoms with Gasteiger partial charge in [0, 0.05) is 24.3 Å². The SMILES string of the molecule is C=C1C(=O)O[C@H]2[C@H]1[C@H](O)[C@H](OC(=O)/C(=C/C)COC(C)=O)C(=C)[C@H]1[C@@H]2C(C)=C[C@H]1O. The van der Waals surface area contributed by atoms with Crippen LogP contribution in [0.1, 0.15) is 20.8 Å². The summed E-state index contributed by atoms with van der Waals surface area (Å²) >= 11 is 0. The Morgan fingerprint density at radius 1 is 1.23 bits per heavy atom. The number of fused-ring (bicyclic) bond motifs is 3. The van der Waals surface area contributed by atoms with E-state index in [1.165, 1.54) is 13.0 Å². The number of carbonyl (C=O) groups excluding carboxylic acids is 3. The van der Waals surface area contributed by atoms with Gasteiger partial charge in [-0.2, -0.15) is 0 Å². The summed E-state index contributed by atoms with van der Waals surface area (Å²) in [5.74, 6) is -3.82. The second-order valence-corrected chi connectivity index (χ2v) is 7.86. The Labute approximate surface area is 174 Å². The second kappa shape index (κ2) is 8.20. The van der Waals surface area contributed by atoms with Crippen LogP contribution < -0.4 is 0 Å². The molecule has 0 aromatic rings. The maximum atomic E-state index is 12.7. The van der Waals surface area contributed by atoms with Crippen LogP contribution in [0.15, 0.2) is 47.6 Å². The molecule has 1 saturated carbocycles. The predicted molar refractivity (Wildman–Crippen MR) is 105 cm³/mol. The van der Waals surface area contributed by atoms with E-state index in [0.717, 1.165) is 5.57 Å². The highest BCUT2D eigenvalue weighted by atomic mass is 16.6. The maximum absolute atomic E-state index is 12.7. The molecule has 0 aromatic heterocycles. The summed E-state index contributed by atoms with van der Waals surface area (Å²) in [6.07, 6.45) is -1.14. The molecule has 2 fully saturated rings. The zero-order chi connectivity index (χ0) is 22.3. The summed E-state index contributed by atoms with van der Waals surface area (Å²) in [6.45, 7) is 12.1. The first-order valence-corrected chi connectivity index (χ1v) is 9.70. The van der Waals surface area contributed by atoms with Crippen molar-refractivity contribution in [3.8, 4) is 0 Å². The molecule has 162 valence electrons. The first-order valence-electron chi connectivity index (χ1n) is 9.70. The molecule has 8 nitrogen and oxygen atoms in total. The van der Waals surface area contributed by atoms with Gasteiger partial charge in [0.25, 0.3) is 0 Å². The van der Waals surface area contributed by atoms with E-state index in [0.29, 0.717) is 5.57 Å². The molecule has 0 amide bonds. The fourth-order valence-corrected chi connectivity index (χ4v) is 4.57. The van der Waals surface area contributed by atoms with Crippen LogP contribution in [-0.4, -0.2) is 59.1 Å². The summed E-state index contributed by atoms with van der Waals surface area (Å²) in [7, 11) is 0. The van der Waals surface area contributed by atoms with Gasteiger partial charge in [-0.05, 0) is 19.4 Å². The van der Waals surface area contributed by atoms with Gasteiger partial charge in [-0.3, -0.25) is 4.79 Å². The third kappa shape index (κ3) is 3.61. The molecular formula is C22H26O8. The van der Waals surface area contributed by atoms with Crippen molar-refractivity contribution in [1.29, 1.82) is 0 Å². The highest BCUT2D eigenvalue weighted by molar-refractivity contribution is 5.91. The molecule has 3 aliphatic rings. The monoisotopic (exact) mass is 418 g/mol. The highest BCUT2D eigenvalue weighted by Gasteiger charge is 2.58. The van der Waals surface area contributed by atoms with Gasteiger partial charge in [0.1, 0.15) is 24.9 Å². The van der Waals surface area contributed by atoms with Crippen LogP contribution in [0.3, 0.4) is 0 Å². The van der Waals surface area contributed by atoms with Gasteiger partial charge in [-0.25, -0.2) is 9.59 Å². The summed E-state index contributed by atoms with van der Waals surface area (Å²) < 4.78 is 15.9. The van der Waals surface area contributed by atoms with E-state index in [1.807, 2.05) is 6.92 Å². The minimum atomic E-state index is -1.34. The quantitative estimate of drug-likeness (QED) is 0.300. The summed E-state index contributed by atoms with van der Waals surface area (Å²) in [6, 6.07) is 0. The van der Waals surface area contributed by atoms with E-state index in [2.05, 4.69) is 13.2 Å². The fraction of sp³-hybridized carbons (Fsp3) is 0.500. The van der Waals surface area contributed by atoms with Crippen LogP contribution in [0.5, 0.6) is 0 Å². The Kier molecular flexibility index (Phi) is 6.01. The minimum absolute atomic E-state index is 0.0846. The molecule has 0 spiro atoms. The van der Waals surface area contributed by atoms with Crippen LogP contribution in [-0.2, 0) is 28.6 Å². The molecule has 7 atom stereocenters. The first-order chi connectivity index (χ1) is 14.1. The van der Waals surface area contributed by atoms with Crippen LogP contribution in [0.4, 0.5) is 0 Å². The molecule has 0 unspecified atom stereocenters. The van der Waals surface area contributed by atoms with E-state index < -0.39 is 60.1 Å². The fourth-order valence-electron chi connectivity index (χ4n) is 4.57. The Morgan fingerprint density at radius 3 is 2.50 bits per heavy atom. The van der Waals surface area contributed by atoms with Gasteiger partial charge in [0.05, 0.1) is 17.6 Å². The third-order valence-electron chi connectivity index (χ3n) is 6.08. The van der Waals surface area contributed by atoms with Crippen LogP contribution >= 0.6 is 0 Å². The number of hydrogen-bond acceptors (Lipinski definition) is 8. The van der Waals surface area contributed by atoms with Crippen LogP contribution in [0.2, 0.25) is 0 Å². The van der Waals surface area contributed by atoms with E-state index in [9.17, 15) is 24.6 Å². The van der Waals surface area contributed by atoms with Crippen molar-refractivity contribution >= 4 is 17.9 Å². The van der Waals surface area contributed by atoms with Crippen molar-refractivity contribution in [2.45, 2.75) is 45.2 Å². The molecule has 1 aliphatic heterocycles. The molecule has 1 heterocycles. The van der Waals surface area contributed by atoms with Crippen molar-refractivity contribution in [2.24, 2.45) is 17.8 Å². The Hall–Kier alpha value is -2.71. The Bertz CT molecular complexity index is 866. The molecule has 0 aromatic carbocycles. The van der Waals surface area contributed by atoms with E-state index in [4.69, 9.17) is 14.2 Å². The lowest BCUT2D eigenvalue weighted by Gasteiger charge is -2.29. The van der Waals surface area contributed by atoms with Crippen LogP contribution in [0.25, 0.3) is 0 Å². The molecule has 0 bridgehead atoms. The van der Waals surface area contributed by atoms with E-state index >= 15 is 0 Å². The number of aliphatic hydroxyl groups excluding tert-OH is 2. The van der Waals surface area contributed by atoms with Crippen LogP contribution in [0, 0.1) is 17.8 Å². The average Bonchev–Trinajstić information content (AvgIpc) is 3.10. The van der Waals surface area contributed by atoms with Crippen molar-refractivity contribution in [2.75, 3.05) is 6.61 Å². The standard InChI is InChI=1S/C22H26O8/c1-6-13(8-28-12(5)23)22(27)29-19-10(3)16-14(24)7-9(2)15(16)20-17(18(19)25)11(4)21(26)30-20/h6-7,14-20,24-25H,3-4,8H2,1-2,5H3/b13-6+/t14-,15+,16-,17-,18+,19-,20-/m1/s1. The number of esters is 3. The molecule has 3 rings (SSSR count). The lowest BCUT2D eigenvalue weighted by molar-refractivity contribution is -0.151. The number of allylic oxidation sites excluding steroid dienone is 1. The van der Waals surface area contributed by atoms with Gasteiger partial charge in [0.15, 0.2) is 0 Å². The number of carbonyl (C=O) groups is 3. The Morgan fingerprint density at radius 2 is 1.90 bits per heavy atom. The molecule has 0 radical (unpaired) electrons. The van der Waals surface area contributed by atoms with Gasteiger partial charge >= 0.3 is 17.9 Å². The zero-order valence-corrected chi connectivity index (χ0v) is 17.2. The summed E-state index contributed by atoms with van der Waals surface area (Å²) in [4.78, 5) is 36.0. The average molecular weight is 418 g/mol. The largest absolute Gasteiger partial charge is 0.461 e. The summed E-state index contributed by atoms with van der Waals surface area (Å²) in [5, 5.41) is 21.7. The third-order valence-corrected chi connectivity index (χ3v) is 6.08. The zero-order valence-electron chi connectivity index (χ0n) is 17.2. The van der Waals surface area contributed by atoms with Gasteiger partial charge < -0.3 is 24.4 Å². The normalized spacial score (nSPS) is 35.8. The number of hydrogen-bond donors (Lipinski definition) is 2. The predicted octanol–water partition coefficient (Wildman–Crippen LogP) is 0.989. The highest BCUT2D eigenvalue weighted by Crippen LogP contribution is 2.51. The number of ether oxygens (including phenoxy) is 3. The number of rotatable bonds is 4. The van der Waals surface area contributed by atoms with Crippen molar-refractivity contribution in [3.63, 3.8) is 0 Å². The molecule has 1 saturated heterocycles. The van der Waals surface area contributed by atoms with E-state index in [1.54, 1.807) is 13.0 Å². The van der Waals surface area contributed by atoms with Crippen molar-refractivity contribution < 1.29 is 38.8 Å². The molecule has 8 heteroatoms. The first kappa shape index (κ1) is 22.0. The van der Waals surface area contributed by atoms with Gasteiger partial charge in [-0.15, -0.1) is 0 Å². The van der Waals surface area contributed by atoms with Gasteiger partial charge in [0.2, 0.25) is 0 Å². The van der Waals surface area contributed by atoms with E-state index in [-0.39, 0.29) is 17.8 Å². The molecular weight excluding hydrogens is 392 g/mol. The number of aliphatic hydroxyl groups is 2. The van der Waals surface area contributed by atoms with Gasteiger partial charge in [-0.1, -0.05) is 30.9 Å². The summed E-state index contributed by atoms with van der Waals surface area (Å²) in [5.41, 5.74) is 1.29. The maximum Gasteiger partial charge on any atom is 0.337 e. The van der Waals surface area contributed by atoms with Crippen molar-refractivity contribution in [3.05, 3.63) is 47.6 Å². The lowest BCUT2D eigenvalue weighted by atomic mass is 9.79. The smallest absolute Gasteiger partial charge is 0.337 e. The molecule has 2 aliphatic carbocycles. The van der Waals surface area contributed by atoms with Crippen molar-refractivity contribution in [1.82, 2.24) is 0 Å². The topological polar surface area (TPSA) is 119 Å². The second-order valence-electron chi connectivity index (χ2n) is 7.86. The molecule has 2 N–H and O–H groups in total.